The molecule has 28 heavy (non-hydrogen) atoms. The Morgan fingerprint density at radius 1 is 1.21 bits per heavy atom. The molecule has 1 saturated heterocycles. The van der Waals surface area contributed by atoms with Crippen LogP contribution in [0.4, 0.5) is 6.01 Å². The van der Waals surface area contributed by atoms with Crippen molar-refractivity contribution >= 4 is 33.7 Å². The Kier molecular flexibility index (Phi) is 6.41. The predicted molar refractivity (Wildman–Crippen MR) is 108 cm³/mol. The zero-order valence-electron chi connectivity index (χ0n) is 16.1. The van der Waals surface area contributed by atoms with Gasteiger partial charge in [0.1, 0.15) is 0 Å². The summed E-state index contributed by atoms with van der Waals surface area (Å²) in [6.45, 7) is 5.16. The van der Waals surface area contributed by atoms with Gasteiger partial charge in [-0.3, -0.25) is 10.1 Å². The molecule has 0 saturated carbocycles. The number of rotatable bonds is 6. The molecule has 3 rings (SSSR count). The standard InChI is InChI=1S/C18H24N4O4S2/c1-12-8-13(2)10-22(9-12)28(24,25)15-6-4-14(5-7-15)17(23)19-18-21-20-16(26-18)11-27-3/h4-7,12-13H,8-11H2,1-3H3,(H,19,21,23)/t12-,13-/m0/s1. The van der Waals surface area contributed by atoms with Gasteiger partial charge in [0, 0.05) is 18.7 Å². The topological polar surface area (TPSA) is 105 Å². The lowest BCUT2D eigenvalue weighted by atomic mass is 9.94. The van der Waals surface area contributed by atoms with Crippen molar-refractivity contribution in [3.63, 3.8) is 0 Å². The molecule has 152 valence electrons. The summed E-state index contributed by atoms with van der Waals surface area (Å²) in [4.78, 5) is 12.5. The van der Waals surface area contributed by atoms with E-state index in [4.69, 9.17) is 4.42 Å². The molecule has 10 heteroatoms. The smallest absolute Gasteiger partial charge is 0.322 e. The first-order chi connectivity index (χ1) is 13.3. The Balaban J connectivity index is 1.70. The van der Waals surface area contributed by atoms with E-state index in [0.717, 1.165) is 6.42 Å². The van der Waals surface area contributed by atoms with Crippen molar-refractivity contribution in [2.45, 2.75) is 30.9 Å². The molecule has 0 bridgehead atoms. The van der Waals surface area contributed by atoms with E-state index in [1.807, 2.05) is 6.26 Å². The Bertz CT molecular complexity index is 917. The molecule has 2 atom stereocenters. The molecule has 1 aromatic carbocycles. The van der Waals surface area contributed by atoms with Crippen molar-refractivity contribution in [3.8, 4) is 0 Å². The van der Waals surface area contributed by atoms with E-state index in [1.54, 1.807) is 0 Å². The molecular formula is C18H24N4O4S2. The Hall–Kier alpha value is -1.91. The van der Waals surface area contributed by atoms with Crippen LogP contribution >= 0.6 is 11.8 Å². The minimum atomic E-state index is -3.57. The largest absolute Gasteiger partial charge is 0.407 e. The number of carbonyl (C=O) groups is 1. The fourth-order valence-electron chi connectivity index (χ4n) is 3.38. The third kappa shape index (κ3) is 4.73. The van der Waals surface area contributed by atoms with Gasteiger partial charge in [0.25, 0.3) is 5.91 Å². The summed E-state index contributed by atoms with van der Waals surface area (Å²) in [5.41, 5.74) is 0.309. The minimum absolute atomic E-state index is 0.0158. The third-order valence-corrected chi connectivity index (χ3v) is 6.93. The van der Waals surface area contributed by atoms with Crippen LogP contribution in [0.2, 0.25) is 0 Å². The molecule has 1 aliphatic rings. The molecule has 8 nitrogen and oxygen atoms in total. The molecule has 1 aliphatic heterocycles. The van der Waals surface area contributed by atoms with E-state index < -0.39 is 15.9 Å². The zero-order chi connectivity index (χ0) is 20.3. The van der Waals surface area contributed by atoms with Crippen LogP contribution < -0.4 is 5.32 Å². The van der Waals surface area contributed by atoms with E-state index in [-0.39, 0.29) is 10.9 Å². The first kappa shape index (κ1) is 20.8. The van der Waals surface area contributed by atoms with Crippen LogP contribution in [0.25, 0.3) is 0 Å². The average Bonchev–Trinajstić information content (AvgIpc) is 3.08. The summed E-state index contributed by atoms with van der Waals surface area (Å²) >= 11 is 1.53. The monoisotopic (exact) mass is 424 g/mol. The lowest BCUT2D eigenvalue weighted by Crippen LogP contribution is -2.42. The second-order valence-corrected chi connectivity index (χ2v) is 9.98. The van der Waals surface area contributed by atoms with Gasteiger partial charge in [-0.1, -0.05) is 18.9 Å². The number of aromatic nitrogens is 2. The molecule has 0 unspecified atom stereocenters. The van der Waals surface area contributed by atoms with Gasteiger partial charge in [0.05, 0.1) is 10.6 Å². The van der Waals surface area contributed by atoms with Crippen LogP contribution in [0.1, 0.15) is 36.5 Å². The van der Waals surface area contributed by atoms with Crippen LogP contribution in [0, 0.1) is 11.8 Å². The molecule has 0 radical (unpaired) electrons. The number of nitrogens with one attached hydrogen (secondary N) is 1. The first-order valence-electron chi connectivity index (χ1n) is 9.02. The highest BCUT2D eigenvalue weighted by atomic mass is 32.2. The van der Waals surface area contributed by atoms with Gasteiger partial charge < -0.3 is 4.42 Å². The van der Waals surface area contributed by atoms with Gasteiger partial charge in [0.15, 0.2) is 0 Å². The van der Waals surface area contributed by atoms with E-state index in [2.05, 4.69) is 29.4 Å². The SMILES string of the molecule is CSCc1nnc(NC(=O)c2ccc(S(=O)(=O)N3C[C@@H](C)C[C@H](C)C3)cc2)o1. The molecule has 0 aliphatic carbocycles. The summed E-state index contributed by atoms with van der Waals surface area (Å²) < 4.78 is 32.7. The van der Waals surface area contributed by atoms with E-state index in [0.29, 0.717) is 42.1 Å². The molecule has 1 amide bonds. The van der Waals surface area contributed by atoms with Crippen LogP contribution in [0.15, 0.2) is 33.6 Å². The number of anilines is 1. The second-order valence-electron chi connectivity index (χ2n) is 7.18. The fourth-order valence-corrected chi connectivity index (χ4v) is 5.43. The van der Waals surface area contributed by atoms with Gasteiger partial charge in [-0.25, -0.2) is 8.42 Å². The Morgan fingerprint density at radius 2 is 1.86 bits per heavy atom. The van der Waals surface area contributed by atoms with Gasteiger partial charge in [-0.05, 0) is 48.8 Å². The number of benzene rings is 1. The molecule has 1 N–H and O–H groups in total. The summed E-state index contributed by atoms with van der Waals surface area (Å²) in [6, 6.07) is 5.90. The van der Waals surface area contributed by atoms with Gasteiger partial charge in [-0.2, -0.15) is 16.1 Å². The molecule has 2 aromatic rings. The second kappa shape index (κ2) is 8.62. The minimum Gasteiger partial charge on any atom is -0.407 e. The summed E-state index contributed by atoms with van der Waals surface area (Å²) in [7, 11) is -3.57. The zero-order valence-corrected chi connectivity index (χ0v) is 17.7. The number of sulfonamides is 1. The van der Waals surface area contributed by atoms with E-state index >= 15 is 0 Å². The molecule has 1 fully saturated rings. The number of thioether (sulfide) groups is 1. The van der Waals surface area contributed by atoms with Crippen molar-refractivity contribution in [3.05, 3.63) is 35.7 Å². The predicted octanol–water partition coefficient (Wildman–Crippen LogP) is 2.85. The van der Waals surface area contributed by atoms with Crippen molar-refractivity contribution < 1.29 is 17.6 Å². The van der Waals surface area contributed by atoms with E-state index in [9.17, 15) is 13.2 Å². The number of amides is 1. The van der Waals surface area contributed by atoms with Gasteiger partial charge >= 0.3 is 6.01 Å². The quantitative estimate of drug-likeness (QED) is 0.760. The highest BCUT2D eigenvalue weighted by Crippen LogP contribution is 2.26. The van der Waals surface area contributed by atoms with E-state index in [1.165, 1.54) is 40.3 Å². The number of hydrogen-bond acceptors (Lipinski definition) is 7. The maximum atomic E-state index is 12.9. The highest BCUT2D eigenvalue weighted by Gasteiger charge is 2.31. The molecular weight excluding hydrogens is 400 g/mol. The number of hydrogen-bond donors (Lipinski definition) is 1. The third-order valence-electron chi connectivity index (χ3n) is 4.54. The summed E-state index contributed by atoms with van der Waals surface area (Å²) in [5, 5.41) is 10.1. The van der Waals surface area contributed by atoms with Crippen molar-refractivity contribution in [1.29, 1.82) is 0 Å². The average molecular weight is 425 g/mol. The van der Waals surface area contributed by atoms with Crippen LogP contribution in [0.5, 0.6) is 0 Å². The summed E-state index contributed by atoms with van der Waals surface area (Å²) in [6.07, 6.45) is 2.93. The fraction of sp³-hybridized carbons (Fsp3) is 0.500. The van der Waals surface area contributed by atoms with Crippen LogP contribution in [-0.4, -0.2) is 48.2 Å². The number of carbonyl (C=O) groups excluding carboxylic acids is 1. The number of piperidine rings is 1. The molecule has 1 aromatic heterocycles. The Labute approximate surface area is 169 Å². The summed E-state index contributed by atoms with van der Waals surface area (Å²) in [5.74, 6) is 1.20. The normalized spacial score (nSPS) is 20.8. The molecule has 0 spiro atoms. The van der Waals surface area contributed by atoms with Gasteiger partial charge in [-0.15, -0.1) is 5.10 Å². The maximum absolute atomic E-state index is 12.9. The molecule has 2 heterocycles. The van der Waals surface area contributed by atoms with Crippen molar-refractivity contribution in [2.75, 3.05) is 24.7 Å². The Morgan fingerprint density at radius 3 is 2.46 bits per heavy atom. The highest BCUT2D eigenvalue weighted by molar-refractivity contribution is 7.97. The van der Waals surface area contributed by atoms with Gasteiger partial charge in [0.2, 0.25) is 15.9 Å². The first-order valence-corrected chi connectivity index (χ1v) is 11.9. The lowest BCUT2D eigenvalue weighted by molar-refractivity contribution is 0.102. The van der Waals surface area contributed by atoms with Crippen LogP contribution in [-0.2, 0) is 15.8 Å². The van der Waals surface area contributed by atoms with Crippen LogP contribution in [0.3, 0.4) is 0 Å². The van der Waals surface area contributed by atoms with Crippen molar-refractivity contribution in [2.24, 2.45) is 11.8 Å². The number of nitrogens with zero attached hydrogens (tertiary/aromatic N) is 3. The lowest BCUT2D eigenvalue weighted by Gasteiger charge is -2.34. The maximum Gasteiger partial charge on any atom is 0.322 e. The van der Waals surface area contributed by atoms with Crippen molar-refractivity contribution in [1.82, 2.24) is 14.5 Å².